The molecule has 0 saturated carbocycles. The molecule has 0 amide bonds. The van der Waals surface area contributed by atoms with Crippen molar-refractivity contribution in [2.45, 2.75) is 19.9 Å². The Bertz CT molecular complexity index is 608. The molecule has 4 nitrogen and oxygen atoms in total. The Morgan fingerprint density at radius 3 is 2.48 bits per heavy atom. The molecule has 0 fully saturated rings. The van der Waals surface area contributed by atoms with Crippen LogP contribution in [0.2, 0.25) is 0 Å². The molecule has 0 heterocycles. The molecule has 0 saturated heterocycles. The Morgan fingerprint density at radius 2 is 1.86 bits per heavy atom. The molecule has 0 aromatic heterocycles. The van der Waals surface area contributed by atoms with E-state index >= 15 is 0 Å². The molecule has 0 radical (unpaired) electrons. The standard InChI is InChI=1S/C17H19NO3/c1-3-21-17(20)16(14-6-4-5-7-15(14)19)18-13-10-8-12(2)9-11-13/h4-11,16,18-19H,3H2,1-2H3/t16-/m1/s1. The number of hydrogen-bond acceptors (Lipinski definition) is 4. The molecule has 0 aliphatic rings. The van der Waals surface area contributed by atoms with Gasteiger partial charge in [-0.3, -0.25) is 0 Å². The van der Waals surface area contributed by atoms with Crippen LogP contribution in [0.15, 0.2) is 48.5 Å². The SMILES string of the molecule is CCOC(=O)[C@H](Nc1ccc(C)cc1)c1ccccc1O. The molecule has 0 unspecified atom stereocenters. The van der Waals surface area contributed by atoms with Gasteiger partial charge in [-0.25, -0.2) is 4.79 Å². The summed E-state index contributed by atoms with van der Waals surface area (Å²) in [6.07, 6.45) is 0. The van der Waals surface area contributed by atoms with E-state index in [1.807, 2.05) is 31.2 Å². The normalized spacial score (nSPS) is 11.7. The van der Waals surface area contributed by atoms with Gasteiger partial charge in [-0.1, -0.05) is 35.9 Å². The minimum atomic E-state index is -0.742. The number of aromatic hydroxyl groups is 1. The molecule has 1 atom stereocenters. The zero-order chi connectivity index (χ0) is 15.2. The van der Waals surface area contributed by atoms with Gasteiger partial charge >= 0.3 is 5.97 Å². The number of benzene rings is 2. The summed E-state index contributed by atoms with van der Waals surface area (Å²) < 4.78 is 5.10. The number of rotatable bonds is 5. The molecular weight excluding hydrogens is 266 g/mol. The van der Waals surface area contributed by atoms with Crippen molar-refractivity contribution in [1.82, 2.24) is 0 Å². The summed E-state index contributed by atoms with van der Waals surface area (Å²) in [5.74, 6) is -0.352. The summed E-state index contributed by atoms with van der Waals surface area (Å²) >= 11 is 0. The fourth-order valence-corrected chi connectivity index (χ4v) is 2.04. The Labute approximate surface area is 124 Å². The van der Waals surface area contributed by atoms with Crippen LogP contribution in [0, 0.1) is 6.92 Å². The van der Waals surface area contributed by atoms with Crippen LogP contribution < -0.4 is 5.32 Å². The number of hydrogen-bond donors (Lipinski definition) is 2. The first-order valence-corrected chi connectivity index (χ1v) is 6.89. The van der Waals surface area contributed by atoms with Gasteiger partial charge in [0.05, 0.1) is 6.61 Å². The second-order valence-corrected chi connectivity index (χ2v) is 4.75. The van der Waals surface area contributed by atoms with E-state index in [-0.39, 0.29) is 5.75 Å². The molecule has 0 spiro atoms. The first-order valence-electron chi connectivity index (χ1n) is 6.89. The van der Waals surface area contributed by atoms with Crippen molar-refractivity contribution in [3.05, 3.63) is 59.7 Å². The molecule has 4 heteroatoms. The largest absolute Gasteiger partial charge is 0.508 e. The fraction of sp³-hybridized carbons (Fsp3) is 0.235. The predicted molar refractivity (Wildman–Crippen MR) is 82.3 cm³/mol. The number of carbonyl (C=O) groups excluding carboxylic acids is 1. The third kappa shape index (κ3) is 3.75. The van der Waals surface area contributed by atoms with Crippen molar-refractivity contribution >= 4 is 11.7 Å². The predicted octanol–water partition coefficient (Wildman–Crippen LogP) is 3.42. The molecule has 2 rings (SSSR count). The third-order valence-corrected chi connectivity index (χ3v) is 3.13. The molecule has 110 valence electrons. The second kappa shape index (κ2) is 6.79. The smallest absolute Gasteiger partial charge is 0.333 e. The van der Waals surface area contributed by atoms with E-state index < -0.39 is 12.0 Å². The van der Waals surface area contributed by atoms with Crippen LogP contribution in [0.3, 0.4) is 0 Å². The summed E-state index contributed by atoms with van der Waals surface area (Å²) in [6, 6.07) is 13.7. The highest BCUT2D eigenvalue weighted by atomic mass is 16.5. The minimum absolute atomic E-state index is 0.0650. The van der Waals surface area contributed by atoms with E-state index in [9.17, 15) is 9.90 Å². The lowest BCUT2D eigenvalue weighted by Gasteiger charge is -2.19. The van der Waals surface area contributed by atoms with E-state index in [1.54, 1.807) is 31.2 Å². The molecule has 2 aromatic carbocycles. The first kappa shape index (κ1) is 14.9. The molecular formula is C17H19NO3. The number of anilines is 1. The summed E-state index contributed by atoms with van der Waals surface area (Å²) in [7, 11) is 0. The third-order valence-electron chi connectivity index (χ3n) is 3.13. The van der Waals surface area contributed by atoms with Crippen molar-refractivity contribution in [3.8, 4) is 5.75 Å². The monoisotopic (exact) mass is 285 g/mol. The number of phenolic OH excluding ortho intramolecular Hbond substituents is 1. The van der Waals surface area contributed by atoms with Gasteiger partial charge in [-0.2, -0.15) is 0 Å². The van der Waals surface area contributed by atoms with Crippen LogP contribution in [0.25, 0.3) is 0 Å². The van der Waals surface area contributed by atoms with Gasteiger partial charge in [0, 0.05) is 11.3 Å². The Hall–Kier alpha value is -2.49. The molecule has 21 heavy (non-hydrogen) atoms. The van der Waals surface area contributed by atoms with E-state index in [0.717, 1.165) is 11.3 Å². The van der Waals surface area contributed by atoms with E-state index in [0.29, 0.717) is 12.2 Å². The summed E-state index contributed by atoms with van der Waals surface area (Å²) in [6.45, 7) is 4.04. The van der Waals surface area contributed by atoms with Gasteiger partial charge in [0.25, 0.3) is 0 Å². The zero-order valence-electron chi connectivity index (χ0n) is 12.2. The number of ether oxygens (including phenoxy) is 1. The minimum Gasteiger partial charge on any atom is -0.508 e. The van der Waals surface area contributed by atoms with Gasteiger partial charge in [-0.15, -0.1) is 0 Å². The summed E-state index contributed by atoms with van der Waals surface area (Å²) in [4.78, 5) is 12.2. The zero-order valence-corrected chi connectivity index (χ0v) is 12.2. The van der Waals surface area contributed by atoms with Crippen LogP contribution in [0.1, 0.15) is 24.1 Å². The van der Waals surface area contributed by atoms with Crippen molar-refractivity contribution in [2.75, 3.05) is 11.9 Å². The second-order valence-electron chi connectivity index (χ2n) is 4.75. The Morgan fingerprint density at radius 1 is 1.19 bits per heavy atom. The van der Waals surface area contributed by atoms with Gasteiger partial charge < -0.3 is 15.2 Å². The Kier molecular flexibility index (Phi) is 4.82. The van der Waals surface area contributed by atoms with Gasteiger partial charge in [-0.05, 0) is 32.0 Å². The first-order chi connectivity index (χ1) is 10.1. The molecule has 0 aliphatic heterocycles. The van der Waals surface area contributed by atoms with Gasteiger partial charge in [0.1, 0.15) is 5.75 Å². The molecule has 0 bridgehead atoms. The van der Waals surface area contributed by atoms with E-state index in [2.05, 4.69) is 5.32 Å². The maximum absolute atomic E-state index is 12.2. The van der Waals surface area contributed by atoms with Crippen LogP contribution in [-0.4, -0.2) is 17.7 Å². The maximum atomic E-state index is 12.2. The molecule has 2 N–H and O–H groups in total. The van der Waals surface area contributed by atoms with E-state index in [1.165, 1.54) is 0 Å². The summed E-state index contributed by atoms with van der Waals surface area (Å²) in [5, 5.41) is 13.1. The maximum Gasteiger partial charge on any atom is 0.333 e. The number of phenols is 1. The topological polar surface area (TPSA) is 58.6 Å². The fourth-order valence-electron chi connectivity index (χ4n) is 2.04. The van der Waals surface area contributed by atoms with Crippen molar-refractivity contribution < 1.29 is 14.6 Å². The highest BCUT2D eigenvalue weighted by molar-refractivity contribution is 5.82. The molecule has 2 aromatic rings. The lowest BCUT2D eigenvalue weighted by Crippen LogP contribution is -2.23. The van der Waals surface area contributed by atoms with Crippen molar-refractivity contribution in [1.29, 1.82) is 0 Å². The average molecular weight is 285 g/mol. The highest BCUT2D eigenvalue weighted by Crippen LogP contribution is 2.28. The van der Waals surface area contributed by atoms with Crippen molar-refractivity contribution in [2.24, 2.45) is 0 Å². The molecule has 0 aliphatic carbocycles. The number of esters is 1. The number of para-hydroxylation sites is 1. The van der Waals surface area contributed by atoms with Crippen molar-refractivity contribution in [3.63, 3.8) is 0 Å². The average Bonchev–Trinajstić information content (AvgIpc) is 2.48. The van der Waals surface area contributed by atoms with Crippen LogP contribution in [-0.2, 0) is 9.53 Å². The van der Waals surface area contributed by atoms with E-state index in [4.69, 9.17) is 4.74 Å². The summed E-state index contributed by atoms with van der Waals surface area (Å²) in [5.41, 5.74) is 2.43. The number of nitrogens with one attached hydrogen (secondary N) is 1. The van der Waals surface area contributed by atoms with Gasteiger partial charge in [0.2, 0.25) is 0 Å². The quantitative estimate of drug-likeness (QED) is 0.826. The van der Waals surface area contributed by atoms with Crippen LogP contribution in [0.5, 0.6) is 5.75 Å². The van der Waals surface area contributed by atoms with Gasteiger partial charge in [0.15, 0.2) is 6.04 Å². The lowest BCUT2D eigenvalue weighted by molar-refractivity contribution is -0.144. The highest BCUT2D eigenvalue weighted by Gasteiger charge is 2.24. The van der Waals surface area contributed by atoms with Crippen LogP contribution in [0.4, 0.5) is 5.69 Å². The Balaban J connectivity index is 2.30. The number of aryl methyl sites for hydroxylation is 1. The lowest BCUT2D eigenvalue weighted by atomic mass is 10.1. The number of carbonyl (C=O) groups is 1. The van der Waals surface area contributed by atoms with Crippen LogP contribution >= 0.6 is 0 Å².